The molecule has 2 aliphatic rings. The topological polar surface area (TPSA) is 31.4 Å². The zero-order valence-electron chi connectivity index (χ0n) is 13.3. The summed E-state index contributed by atoms with van der Waals surface area (Å²) in [4.78, 5) is 9.94. The van der Waals surface area contributed by atoms with Gasteiger partial charge in [-0.2, -0.15) is 0 Å². The highest BCUT2D eigenvalue weighted by Crippen LogP contribution is 2.21. The molecule has 0 amide bonds. The van der Waals surface area contributed by atoms with E-state index < -0.39 is 0 Å². The van der Waals surface area contributed by atoms with E-state index in [2.05, 4.69) is 34.3 Å². The van der Waals surface area contributed by atoms with Crippen molar-refractivity contribution in [3.63, 3.8) is 0 Å². The van der Waals surface area contributed by atoms with Gasteiger partial charge in [0, 0.05) is 43.6 Å². The van der Waals surface area contributed by atoms with Crippen molar-refractivity contribution in [1.82, 2.24) is 20.1 Å². The van der Waals surface area contributed by atoms with Crippen molar-refractivity contribution in [3.05, 3.63) is 16.1 Å². The fourth-order valence-electron chi connectivity index (χ4n) is 3.24. The molecule has 21 heavy (non-hydrogen) atoms. The molecule has 0 spiro atoms. The molecule has 2 heterocycles. The molecule has 1 N–H and O–H groups in total. The van der Waals surface area contributed by atoms with Crippen molar-refractivity contribution < 1.29 is 0 Å². The standard InChI is InChI=1S/C16H28N4S/c1-3-20(4-2)15-7-8-19(11-15)10-14-12-21-16(18-14)9-17-13-5-6-13/h12-13,15,17H,3-11H2,1-2H3. The number of nitrogens with one attached hydrogen (secondary N) is 1. The van der Waals surface area contributed by atoms with Gasteiger partial charge in [0.15, 0.2) is 0 Å². The second kappa shape index (κ2) is 7.18. The Hall–Kier alpha value is -0.490. The molecule has 2 fully saturated rings. The lowest BCUT2D eigenvalue weighted by Crippen LogP contribution is -2.37. The molecule has 1 saturated heterocycles. The molecule has 1 saturated carbocycles. The Balaban J connectivity index is 1.45. The third kappa shape index (κ3) is 4.25. The Labute approximate surface area is 132 Å². The van der Waals surface area contributed by atoms with E-state index in [0.29, 0.717) is 0 Å². The molecule has 0 aromatic carbocycles. The first-order chi connectivity index (χ1) is 10.3. The van der Waals surface area contributed by atoms with Crippen molar-refractivity contribution in [3.8, 4) is 0 Å². The minimum atomic E-state index is 0.745. The molecular weight excluding hydrogens is 280 g/mol. The van der Waals surface area contributed by atoms with Gasteiger partial charge in [0.2, 0.25) is 0 Å². The first-order valence-corrected chi connectivity index (χ1v) is 9.29. The van der Waals surface area contributed by atoms with Gasteiger partial charge in [0.25, 0.3) is 0 Å². The predicted molar refractivity (Wildman–Crippen MR) is 88.6 cm³/mol. The summed E-state index contributed by atoms with van der Waals surface area (Å²) < 4.78 is 0. The number of thiazole rings is 1. The van der Waals surface area contributed by atoms with Gasteiger partial charge in [-0.3, -0.25) is 9.80 Å². The number of hydrogen-bond donors (Lipinski definition) is 1. The molecule has 0 radical (unpaired) electrons. The van der Waals surface area contributed by atoms with E-state index in [4.69, 9.17) is 4.98 Å². The van der Waals surface area contributed by atoms with E-state index in [0.717, 1.165) is 25.2 Å². The Morgan fingerprint density at radius 1 is 1.33 bits per heavy atom. The summed E-state index contributed by atoms with van der Waals surface area (Å²) in [5.74, 6) is 0. The van der Waals surface area contributed by atoms with Crippen LogP contribution in [-0.2, 0) is 13.1 Å². The van der Waals surface area contributed by atoms with Crippen LogP contribution in [0.1, 0.15) is 43.8 Å². The van der Waals surface area contributed by atoms with Crippen LogP contribution in [0.5, 0.6) is 0 Å². The maximum absolute atomic E-state index is 4.78. The van der Waals surface area contributed by atoms with Gasteiger partial charge in [-0.05, 0) is 32.4 Å². The van der Waals surface area contributed by atoms with Crippen LogP contribution in [-0.4, -0.2) is 53.0 Å². The highest BCUT2D eigenvalue weighted by Gasteiger charge is 2.26. The van der Waals surface area contributed by atoms with Crippen LogP contribution < -0.4 is 5.32 Å². The lowest BCUT2D eigenvalue weighted by Gasteiger charge is -2.26. The lowest BCUT2D eigenvalue weighted by atomic mass is 10.2. The maximum atomic E-state index is 4.78. The minimum Gasteiger partial charge on any atom is -0.308 e. The molecule has 1 aliphatic carbocycles. The third-order valence-electron chi connectivity index (χ3n) is 4.68. The Morgan fingerprint density at radius 2 is 2.14 bits per heavy atom. The number of likely N-dealkylation sites (tertiary alicyclic amines) is 1. The zero-order valence-corrected chi connectivity index (χ0v) is 14.2. The number of aromatic nitrogens is 1. The van der Waals surface area contributed by atoms with E-state index in [-0.39, 0.29) is 0 Å². The Bertz CT molecular complexity index is 439. The molecule has 1 aliphatic heterocycles. The summed E-state index contributed by atoms with van der Waals surface area (Å²) in [6.45, 7) is 11.3. The Kier molecular flexibility index (Phi) is 5.27. The molecule has 1 unspecified atom stereocenters. The van der Waals surface area contributed by atoms with E-state index in [9.17, 15) is 0 Å². The second-order valence-electron chi connectivity index (χ2n) is 6.29. The van der Waals surface area contributed by atoms with E-state index >= 15 is 0 Å². The second-order valence-corrected chi connectivity index (χ2v) is 7.23. The largest absolute Gasteiger partial charge is 0.308 e. The highest BCUT2D eigenvalue weighted by molar-refractivity contribution is 7.09. The molecule has 1 aromatic heterocycles. The molecule has 3 rings (SSSR count). The number of hydrogen-bond acceptors (Lipinski definition) is 5. The normalized spacial score (nSPS) is 23.3. The van der Waals surface area contributed by atoms with Gasteiger partial charge < -0.3 is 5.32 Å². The molecule has 1 aromatic rings. The average molecular weight is 308 g/mol. The van der Waals surface area contributed by atoms with Crippen LogP contribution in [0, 0.1) is 0 Å². The van der Waals surface area contributed by atoms with Crippen LogP contribution in [0.4, 0.5) is 0 Å². The lowest BCUT2D eigenvalue weighted by molar-refractivity contribution is 0.208. The summed E-state index contributed by atoms with van der Waals surface area (Å²) in [6, 6.07) is 1.51. The summed E-state index contributed by atoms with van der Waals surface area (Å²) in [6.07, 6.45) is 4.00. The summed E-state index contributed by atoms with van der Waals surface area (Å²) in [5, 5.41) is 7.04. The van der Waals surface area contributed by atoms with Crippen LogP contribution in [0.25, 0.3) is 0 Å². The fourth-order valence-corrected chi connectivity index (χ4v) is 3.98. The summed E-state index contributed by atoms with van der Waals surface area (Å²) >= 11 is 1.81. The first kappa shape index (κ1) is 15.4. The van der Waals surface area contributed by atoms with Crippen LogP contribution in [0.2, 0.25) is 0 Å². The number of nitrogens with zero attached hydrogens (tertiary/aromatic N) is 3. The van der Waals surface area contributed by atoms with Crippen molar-refractivity contribution in [2.75, 3.05) is 26.2 Å². The van der Waals surface area contributed by atoms with E-state index in [1.54, 1.807) is 0 Å². The molecule has 1 atom stereocenters. The highest BCUT2D eigenvalue weighted by atomic mass is 32.1. The summed E-state index contributed by atoms with van der Waals surface area (Å²) in [7, 11) is 0. The predicted octanol–water partition coefficient (Wildman–Crippen LogP) is 2.31. The smallest absolute Gasteiger partial charge is 0.107 e. The van der Waals surface area contributed by atoms with Gasteiger partial charge >= 0.3 is 0 Å². The van der Waals surface area contributed by atoms with Gasteiger partial charge in [0.1, 0.15) is 5.01 Å². The molecule has 5 heteroatoms. The maximum Gasteiger partial charge on any atom is 0.107 e. The van der Waals surface area contributed by atoms with Gasteiger partial charge in [-0.15, -0.1) is 11.3 Å². The fraction of sp³-hybridized carbons (Fsp3) is 0.812. The Morgan fingerprint density at radius 3 is 2.86 bits per heavy atom. The van der Waals surface area contributed by atoms with Gasteiger partial charge in [-0.25, -0.2) is 4.98 Å². The quantitative estimate of drug-likeness (QED) is 0.798. The van der Waals surface area contributed by atoms with Crippen molar-refractivity contribution in [2.24, 2.45) is 0 Å². The number of rotatable bonds is 8. The van der Waals surface area contributed by atoms with E-state index in [1.165, 1.54) is 56.1 Å². The zero-order chi connectivity index (χ0) is 14.7. The molecule has 4 nitrogen and oxygen atoms in total. The molecule has 118 valence electrons. The molecular formula is C16H28N4S. The van der Waals surface area contributed by atoms with Gasteiger partial charge in [-0.1, -0.05) is 13.8 Å². The van der Waals surface area contributed by atoms with Crippen LogP contribution in [0.15, 0.2) is 5.38 Å². The number of likely N-dealkylation sites (N-methyl/N-ethyl adjacent to an activating group) is 1. The summed E-state index contributed by atoms with van der Waals surface area (Å²) in [5.41, 5.74) is 1.26. The van der Waals surface area contributed by atoms with Gasteiger partial charge in [0.05, 0.1) is 5.69 Å². The van der Waals surface area contributed by atoms with Crippen molar-refractivity contribution in [2.45, 2.75) is 58.3 Å². The first-order valence-electron chi connectivity index (χ1n) is 8.41. The SMILES string of the molecule is CCN(CC)C1CCN(Cc2csc(CNC3CC3)n2)C1. The van der Waals surface area contributed by atoms with E-state index in [1.807, 2.05) is 11.3 Å². The minimum absolute atomic E-state index is 0.745. The van der Waals surface area contributed by atoms with Crippen molar-refractivity contribution in [1.29, 1.82) is 0 Å². The molecule has 0 bridgehead atoms. The average Bonchev–Trinajstić information content (AvgIpc) is 3.04. The van der Waals surface area contributed by atoms with Crippen molar-refractivity contribution >= 4 is 11.3 Å². The third-order valence-corrected chi connectivity index (χ3v) is 5.58. The monoisotopic (exact) mass is 308 g/mol. The van der Waals surface area contributed by atoms with Crippen LogP contribution >= 0.6 is 11.3 Å². The van der Waals surface area contributed by atoms with Crippen LogP contribution in [0.3, 0.4) is 0 Å².